The third-order valence-corrected chi connectivity index (χ3v) is 3.52. The number of unbranched alkanes of at least 4 members (excludes halogenated alkanes) is 1. The van der Waals surface area contributed by atoms with E-state index < -0.39 is 0 Å². The molecule has 0 aromatic rings. The van der Waals surface area contributed by atoms with Gasteiger partial charge in [0.15, 0.2) is 0 Å². The van der Waals surface area contributed by atoms with E-state index in [9.17, 15) is 4.79 Å². The Kier molecular flexibility index (Phi) is 5.96. The maximum Gasteiger partial charge on any atom is 0.241 e. The number of carbonyl (C=O) groups is 1. The number of carbonyl (C=O) groups excluding carboxylic acids is 1. The first-order chi connectivity index (χ1) is 8.06. The fourth-order valence-corrected chi connectivity index (χ4v) is 2.43. The molecule has 0 radical (unpaired) electrons. The van der Waals surface area contributed by atoms with Gasteiger partial charge in [-0.15, -0.1) is 0 Å². The summed E-state index contributed by atoms with van der Waals surface area (Å²) in [6, 6.07) is 0.0731. The molecule has 100 valence electrons. The molecule has 1 rings (SSSR count). The van der Waals surface area contributed by atoms with Crippen molar-refractivity contribution in [2.24, 2.45) is 5.92 Å². The average molecular weight is 240 g/mol. The van der Waals surface area contributed by atoms with Gasteiger partial charge in [0.05, 0.1) is 12.2 Å². The van der Waals surface area contributed by atoms with E-state index in [0.29, 0.717) is 5.91 Å². The third kappa shape index (κ3) is 4.30. The Morgan fingerprint density at radius 3 is 2.65 bits per heavy atom. The molecule has 1 aliphatic heterocycles. The molecule has 0 aromatic heterocycles. The Labute approximate surface area is 106 Å². The lowest BCUT2D eigenvalue weighted by Crippen LogP contribution is -2.35. The van der Waals surface area contributed by atoms with Crippen LogP contribution in [0.1, 0.15) is 59.8 Å². The van der Waals surface area contributed by atoms with Crippen LogP contribution in [0.5, 0.6) is 0 Å². The molecule has 3 nitrogen and oxygen atoms in total. The molecule has 1 N–H and O–H groups in total. The van der Waals surface area contributed by atoms with E-state index in [1.165, 1.54) is 6.42 Å². The molecule has 0 spiro atoms. The lowest BCUT2D eigenvalue weighted by atomic mass is 10.1. The Hall–Kier alpha value is -0.570. The van der Waals surface area contributed by atoms with E-state index in [4.69, 9.17) is 0 Å². The van der Waals surface area contributed by atoms with Crippen LogP contribution in [0.25, 0.3) is 0 Å². The fraction of sp³-hybridized carbons (Fsp3) is 0.929. The normalized spacial score (nSPS) is 25.0. The lowest BCUT2D eigenvalue weighted by Gasteiger charge is -2.21. The summed E-state index contributed by atoms with van der Waals surface area (Å²) in [4.78, 5) is 14.2. The summed E-state index contributed by atoms with van der Waals surface area (Å²) in [6.45, 7) is 9.64. The zero-order valence-corrected chi connectivity index (χ0v) is 11.8. The predicted molar refractivity (Wildman–Crippen MR) is 71.7 cm³/mol. The zero-order chi connectivity index (χ0) is 12.8. The van der Waals surface area contributed by atoms with E-state index in [1.54, 1.807) is 0 Å². The van der Waals surface area contributed by atoms with Gasteiger partial charge in [0.1, 0.15) is 0 Å². The van der Waals surface area contributed by atoms with Crippen LogP contribution in [0.3, 0.4) is 0 Å². The highest BCUT2D eigenvalue weighted by molar-refractivity contribution is 5.84. The first-order valence-electron chi connectivity index (χ1n) is 7.12. The molecule has 2 unspecified atom stereocenters. The topological polar surface area (TPSA) is 32.3 Å². The second-order valence-corrected chi connectivity index (χ2v) is 5.61. The van der Waals surface area contributed by atoms with Crippen LogP contribution < -0.4 is 5.32 Å². The van der Waals surface area contributed by atoms with Crippen molar-refractivity contribution in [1.29, 1.82) is 0 Å². The van der Waals surface area contributed by atoms with Crippen LogP contribution in [0, 0.1) is 5.92 Å². The molecule has 0 saturated carbocycles. The molecular formula is C14H28N2O. The van der Waals surface area contributed by atoms with E-state index in [1.807, 2.05) is 4.90 Å². The summed E-state index contributed by atoms with van der Waals surface area (Å²) in [7, 11) is 0. The van der Waals surface area contributed by atoms with Crippen molar-refractivity contribution in [1.82, 2.24) is 10.2 Å². The van der Waals surface area contributed by atoms with Gasteiger partial charge >= 0.3 is 0 Å². The number of hydrogen-bond acceptors (Lipinski definition) is 2. The van der Waals surface area contributed by atoms with Crippen molar-refractivity contribution in [2.45, 2.75) is 72.0 Å². The molecule has 1 fully saturated rings. The van der Waals surface area contributed by atoms with Gasteiger partial charge in [0, 0.05) is 6.54 Å². The van der Waals surface area contributed by atoms with Crippen molar-refractivity contribution in [2.75, 3.05) is 6.54 Å². The van der Waals surface area contributed by atoms with Crippen molar-refractivity contribution in [3.63, 3.8) is 0 Å². The van der Waals surface area contributed by atoms with Gasteiger partial charge < -0.3 is 4.90 Å². The van der Waals surface area contributed by atoms with Crippen molar-refractivity contribution in [3.05, 3.63) is 0 Å². The summed E-state index contributed by atoms with van der Waals surface area (Å²) in [5, 5.41) is 3.40. The van der Waals surface area contributed by atoms with Crippen molar-refractivity contribution >= 4 is 5.91 Å². The van der Waals surface area contributed by atoms with Crippen LogP contribution >= 0.6 is 0 Å². The smallest absolute Gasteiger partial charge is 0.241 e. The minimum absolute atomic E-state index is 0.0731. The molecule has 0 aliphatic carbocycles. The highest BCUT2D eigenvalue weighted by Gasteiger charge is 2.35. The van der Waals surface area contributed by atoms with Gasteiger partial charge in [0.25, 0.3) is 0 Å². The fourth-order valence-electron chi connectivity index (χ4n) is 2.43. The lowest BCUT2D eigenvalue weighted by molar-refractivity contribution is -0.130. The number of nitrogens with zero attached hydrogens (tertiary/aromatic N) is 1. The molecule has 1 heterocycles. The predicted octanol–water partition coefficient (Wildman–Crippen LogP) is 2.76. The number of hydrogen-bond donors (Lipinski definition) is 1. The quantitative estimate of drug-likeness (QED) is 0.742. The summed E-state index contributed by atoms with van der Waals surface area (Å²) >= 11 is 0. The van der Waals surface area contributed by atoms with Gasteiger partial charge in [0.2, 0.25) is 5.91 Å². The minimum atomic E-state index is 0.0731. The van der Waals surface area contributed by atoms with Gasteiger partial charge in [-0.25, -0.2) is 0 Å². The van der Waals surface area contributed by atoms with Crippen LogP contribution in [0.15, 0.2) is 0 Å². The number of nitrogens with one attached hydrogen (secondary N) is 1. The van der Waals surface area contributed by atoms with Crippen LogP contribution in [-0.2, 0) is 4.79 Å². The first kappa shape index (κ1) is 14.5. The maximum absolute atomic E-state index is 12.2. The molecule has 1 saturated heterocycles. The molecule has 0 bridgehead atoms. The largest absolute Gasteiger partial charge is 0.326 e. The van der Waals surface area contributed by atoms with Crippen molar-refractivity contribution in [3.8, 4) is 0 Å². The standard InChI is InChI=1S/C14H28N2O/c1-5-6-9-13-14(17)16(12(4)15-13)10-7-8-11(2)3/h11-13,15H,5-10H2,1-4H3. The van der Waals surface area contributed by atoms with Crippen molar-refractivity contribution < 1.29 is 4.79 Å². The molecule has 1 amide bonds. The molecule has 0 aromatic carbocycles. The molecule has 17 heavy (non-hydrogen) atoms. The van der Waals surface area contributed by atoms with Gasteiger partial charge in [-0.2, -0.15) is 0 Å². The number of amides is 1. The molecule has 3 heteroatoms. The summed E-state index contributed by atoms with van der Waals surface area (Å²) in [5.74, 6) is 1.04. The molecular weight excluding hydrogens is 212 g/mol. The van der Waals surface area contributed by atoms with Crippen LogP contribution in [-0.4, -0.2) is 29.6 Å². The highest BCUT2D eigenvalue weighted by Crippen LogP contribution is 2.16. The van der Waals surface area contributed by atoms with Gasteiger partial charge in [-0.3, -0.25) is 10.1 Å². The second-order valence-electron chi connectivity index (χ2n) is 5.61. The molecule has 1 aliphatic rings. The highest BCUT2D eigenvalue weighted by atomic mass is 16.2. The van der Waals surface area contributed by atoms with Gasteiger partial charge in [-0.05, 0) is 32.1 Å². The third-order valence-electron chi connectivity index (χ3n) is 3.52. The van der Waals surface area contributed by atoms with E-state index in [0.717, 1.165) is 38.1 Å². The Bertz CT molecular complexity index is 240. The first-order valence-corrected chi connectivity index (χ1v) is 7.12. The van der Waals surface area contributed by atoms with E-state index in [2.05, 4.69) is 33.0 Å². The van der Waals surface area contributed by atoms with Gasteiger partial charge in [-0.1, -0.05) is 33.6 Å². The molecule has 2 atom stereocenters. The zero-order valence-electron chi connectivity index (χ0n) is 11.8. The van der Waals surface area contributed by atoms with Crippen LogP contribution in [0.4, 0.5) is 0 Å². The summed E-state index contributed by atoms with van der Waals surface area (Å²) < 4.78 is 0. The van der Waals surface area contributed by atoms with E-state index >= 15 is 0 Å². The Morgan fingerprint density at radius 1 is 1.35 bits per heavy atom. The van der Waals surface area contributed by atoms with Crippen LogP contribution in [0.2, 0.25) is 0 Å². The second kappa shape index (κ2) is 7.00. The minimum Gasteiger partial charge on any atom is -0.326 e. The SMILES string of the molecule is CCCCC1NC(C)N(CCCC(C)C)C1=O. The average Bonchev–Trinajstić information content (AvgIpc) is 2.53. The maximum atomic E-state index is 12.2. The Balaban J connectivity index is 2.37. The monoisotopic (exact) mass is 240 g/mol. The van der Waals surface area contributed by atoms with E-state index in [-0.39, 0.29) is 12.2 Å². The Morgan fingerprint density at radius 2 is 2.06 bits per heavy atom. The summed E-state index contributed by atoms with van der Waals surface area (Å²) in [5.41, 5.74) is 0. The summed E-state index contributed by atoms with van der Waals surface area (Å²) in [6.07, 6.45) is 5.83. The number of rotatable bonds is 7.